The first-order chi connectivity index (χ1) is 14.5. The Bertz CT molecular complexity index is 1020. The summed E-state index contributed by atoms with van der Waals surface area (Å²) in [6.45, 7) is 9.56. The molecule has 1 saturated heterocycles. The molecule has 0 bridgehead atoms. The largest absolute Gasteiger partial charge is 0.369 e. The number of aryl methyl sites for hydroxylation is 1. The summed E-state index contributed by atoms with van der Waals surface area (Å²) in [5.74, 6) is -0.389. The van der Waals surface area contributed by atoms with Crippen molar-refractivity contribution in [2.75, 3.05) is 42.9 Å². The number of piperazine rings is 1. The number of thiophene rings is 1. The third-order valence-corrected chi connectivity index (χ3v) is 6.73. The van der Waals surface area contributed by atoms with Gasteiger partial charge in [0.2, 0.25) is 0 Å². The van der Waals surface area contributed by atoms with Crippen LogP contribution in [0.2, 0.25) is 0 Å². The van der Waals surface area contributed by atoms with Gasteiger partial charge in [0.1, 0.15) is 5.82 Å². The fourth-order valence-corrected chi connectivity index (χ4v) is 4.63. The number of hydrogen-bond donors (Lipinski definition) is 1. The Labute approximate surface area is 180 Å². The van der Waals surface area contributed by atoms with Gasteiger partial charge in [-0.1, -0.05) is 19.1 Å². The molecule has 1 aromatic heterocycles. The Morgan fingerprint density at radius 1 is 1.03 bits per heavy atom. The van der Waals surface area contributed by atoms with Crippen LogP contribution in [0.3, 0.4) is 0 Å². The zero-order valence-electron chi connectivity index (χ0n) is 17.3. The lowest BCUT2D eigenvalue weighted by atomic mass is 10.1. The summed E-state index contributed by atoms with van der Waals surface area (Å²) in [6.07, 6.45) is 0. The topological polar surface area (TPSA) is 35.6 Å². The van der Waals surface area contributed by atoms with E-state index in [1.807, 2.05) is 25.1 Å². The van der Waals surface area contributed by atoms with Crippen molar-refractivity contribution in [1.29, 1.82) is 0 Å². The van der Waals surface area contributed by atoms with Crippen molar-refractivity contribution in [2.45, 2.75) is 13.8 Å². The molecule has 6 heteroatoms. The summed E-state index contributed by atoms with van der Waals surface area (Å²) in [4.78, 5) is 19.2. The first-order valence-corrected chi connectivity index (χ1v) is 11.1. The van der Waals surface area contributed by atoms with E-state index >= 15 is 0 Å². The number of carbonyl (C=O) groups excluding carboxylic acids is 1. The SMILES string of the molecule is CCN1CCN(c2ccc(NC(=O)c3ccc(-c4ccc(F)cc4)s3)c(C)c2)CC1. The number of anilines is 2. The molecule has 0 radical (unpaired) electrons. The van der Waals surface area contributed by atoms with Crippen molar-refractivity contribution in [3.05, 3.63) is 70.9 Å². The molecule has 4 nitrogen and oxygen atoms in total. The van der Waals surface area contributed by atoms with E-state index in [0.717, 1.165) is 54.4 Å². The molecule has 0 saturated carbocycles. The van der Waals surface area contributed by atoms with E-state index in [1.54, 1.807) is 12.1 Å². The number of nitrogens with one attached hydrogen (secondary N) is 1. The van der Waals surface area contributed by atoms with Crippen molar-refractivity contribution in [3.8, 4) is 10.4 Å². The molecule has 0 aliphatic carbocycles. The number of hydrogen-bond acceptors (Lipinski definition) is 4. The maximum absolute atomic E-state index is 13.1. The van der Waals surface area contributed by atoms with Gasteiger partial charge in [-0.25, -0.2) is 4.39 Å². The fourth-order valence-electron chi connectivity index (χ4n) is 3.72. The van der Waals surface area contributed by atoms with E-state index in [9.17, 15) is 9.18 Å². The minimum atomic E-state index is -0.264. The summed E-state index contributed by atoms with van der Waals surface area (Å²) in [6, 6.07) is 16.3. The van der Waals surface area contributed by atoms with Gasteiger partial charge in [0.25, 0.3) is 5.91 Å². The molecule has 3 aromatic rings. The van der Waals surface area contributed by atoms with Gasteiger partial charge in [-0.05, 0) is 67.1 Å². The zero-order valence-corrected chi connectivity index (χ0v) is 18.1. The number of carbonyl (C=O) groups is 1. The molecule has 1 aliphatic rings. The van der Waals surface area contributed by atoms with Crippen LogP contribution >= 0.6 is 11.3 Å². The monoisotopic (exact) mass is 423 g/mol. The summed E-state index contributed by atoms with van der Waals surface area (Å²) >= 11 is 1.41. The quantitative estimate of drug-likeness (QED) is 0.608. The van der Waals surface area contributed by atoms with E-state index < -0.39 is 0 Å². The molecule has 30 heavy (non-hydrogen) atoms. The van der Waals surface area contributed by atoms with Crippen LogP contribution < -0.4 is 10.2 Å². The Morgan fingerprint density at radius 3 is 2.43 bits per heavy atom. The van der Waals surface area contributed by atoms with E-state index in [4.69, 9.17) is 0 Å². The molecule has 1 amide bonds. The number of halogens is 1. The Morgan fingerprint density at radius 2 is 1.77 bits per heavy atom. The van der Waals surface area contributed by atoms with Crippen molar-refractivity contribution in [2.24, 2.45) is 0 Å². The summed E-state index contributed by atoms with van der Waals surface area (Å²) in [7, 11) is 0. The fraction of sp³-hybridized carbons (Fsp3) is 0.292. The maximum atomic E-state index is 13.1. The highest BCUT2D eigenvalue weighted by Crippen LogP contribution is 2.30. The highest BCUT2D eigenvalue weighted by molar-refractivity contribution is 7.17. The molecule has 0 atom stereocenters. The molecular weight excluding hydrogens is 397 g/mol. The number of nitrogens with zero attached hydrogens (tertiary/aromatic N) is 2. The van der Waals surface area contributed by atoms with Crippen molar-refractivity contribution >= 4 is 28.6 Å². The van der Waals surface area contributed by atoms with Gasteiger partial charge in [-0.3, -0.25) is 4.79 Å². The molecule has 1 fully saturated rings. The minimum absolute atomic E-state index is 0.124. The first kappa shape index (κ1) is 20.6. The Hall–Kier alpha value is -2.70. The van der Waals surface area contributed by atoms with Crippen LogP contribution in [0.5, 0.6) is 0 Å². The van der Waals surface area contributed by atoms with Crippen molar-refractivity contribution in [3.63, 3.8) is 0 Å². The Kier molecular flexibility index (Phi) is 6.16. The standard InChI is InChI=1S/C24H26FN3OS/c1-3-27-12-14-28(15-13-27)20-8-9-21(17(2)16-20)26-24(29)23-11-10-22(30-23)18-4-6-19(25)7-5-18/h4-11,16H,3,12-15H2,1-2H3,(H,26,29). The highest BCUT2D eigenvalue weighted by Gasteiger charge is 2.17. The smallest absolute Gasteiger partial charge is 0.265 e. The van der Waals surface area contributed by atoms with E-state index in [-0.39, 0.29) is 11.7 Å². The van der Waals surface area contributed by atoms with Gasteiger partial charge < -0.3 is 15.1 Å². The summed E-state index contributed by atoms with van der Waals surface area (Å²) in [5.41, 5.74) is 3.99. The van der Waals surface area contributed by atoms with Crippen LogP contribution in [-0.2, 0) is 0 Å². The molecule has 0 spiro atoms. The van der Waals surface area contributed by atoms with Gasteiger partial charge in [0.05, 0.1) is 4.88 Å². The lowest BCUT2D eigenvalue weighted by Crippen LogP contribution is -2.46. The normalized spacial score (nSPS) is 14.7. The molecule has 2 heterocycles. The molecule has 1 aliphatic heterocycles. The second kappa shape index (κ2) is 8.98. The molecule has 1 N–H and O–H groups in total. The van der Waals surface area contributed by atoms with Crippen molar-refractivity contribution < 1.29 is 9.18 Å². The van der Waals surface area contributed by atoms with Gasteiger partial charge in [-0.2, -0.15) is 0 Å². The number of benzene rings is 2. The molecule has 2 aromatic carbocycles. The molecule has 4 rings (SSSR count). The lowest BCUT2D eigenvalue weighted by molar-refractivity contribution is 0.103. The molecule has 0 unspecified atom stereocenters. The zero-order chi connectivity index (χ0) is 21.1. The minimum Gasteiger partial charge on any atom is -0.369 e. The number of amides is 1. The lowest BCUT2D eigenvalue weighted by Gasteiger charge is -2.35. The van der Waals surface area contributed by atoms with Crippen LogP contribution in [0.25, 0.3) is 10.4 Å². The third kappa shape index (κ3) is 4.55. The molecular formula is C24H26FN3OS. The van der Waals surface area contributed by atoms with E-state index in [1.165, 1.54) is 29.2 Å². The summed E-state index contributed by atoms with van der Waals surface area (Å²) < 4.78 is 13.1. The van der Waals surface area contributed by atoms with Crippen LogP contribution in [0, 0.1) is 12.7 Å². The third-order valence-electron chi connectivity index (χ3n) is 5.60. The van der Waals surface area contributed by atoms with Gasteiger partial charge in [0, 0.05) is 42.4 Å². The number of rotatable bonds is 5. The van der Waals surface area contributed by atoms with Crippen LogP contribution in [-0.4, -0.2) is 43.5 Å². The average Bonchev–Trinajstić information content (AvgIpc) is 3.26. The van der Waals surface area contributed by atoms with E-state index in [2.05, 4.69) is 34.2 Å². The number of likely N-dealkylation sites (N-methyl/N-ethyl adjacent to an activating group) is 1. The second-order valence-corrected chi connectivity index (χ2v) is 8.63. The van der Waals surface area contributed by atoms with E-state index in [0.29, 0.717) is 4.88 Å². The molecule has 156 valence electrons. The highest BCUT2D eigenvalue weighted by atomic mass is 32.1. The average molecular weight is 424 g/mol. The van der Waals surface area contributed by atoms with Crippen LogP contribution in [0.1, 0.15) is 22.2 Å². The van der Waals surface area contributed by atoms with Crippen LogP contribution in [0.15, 0.2) is 54.6 Å². The second-order valence-electron chi connectivity index (χ2n) is 7.55. The van der Waals surface area contributed by atoms with Gasteiger partial charge in [0.15, 0.2) is 0 Å². The maximum Gasteiger partial charge on any atom is 0.265 e. The predicted octanol–water partition coefficient (Wildman–Crippen LogP) is 5.26. The van der Waals surface area contributed by atoms with Gasteiger partial charge in [-0.15, -0.1) is 11.3 Å². The van der Waals surface area contributed by atoms with Crippen LogP contribution in [0.4, 0.5) is 15.8 Å². The van der Waals surface area contributed by atoms with Crippen molar-refractivity contribution in [1.82, 2.24) is 4.90 Å². The first-order valence-electron chi connectivity index (χ1n) is 10.3. The van der Waals surface area contributed by atoms with Gasteiger partial charge >= 0.3 is 0 Å². The predicted molar refractivity (Wildman–Crippen MR) is 123 cm³/mol. The Balaban J connectivity index is 1.43. The summed E-state index contributed by atoms with van der Waals surface area (Å²) in [5, 5.41) is 3.03.